The molecule has 1 fully saturated rings. The van der Waals surface area contributed by atoms with E-state index < -0.39 is 0 Å². The van der Waals surface area contributed by atoms with Crippen LogP contribution in [-0.4, -0.2) is 28.2 Å². The van der Waals surface area contributed by atoms with Gasteiger partial charge in [0.15, 0.2) is 0 Å². The molecular weight excluding hydrogens is 322 g/mol. The van der Waals surface area contributed by atoms with E-state index in [4.69, 9.17) is 0 Å². The lowest BCUT2D eigenvalue weighted by Gasteiger charge is -2.22. The molecule has 4 rings (SSSR count). The quantitative estimate of drug-likeness (QED) is 0.712. The average Bonchev–Trinajstić information content (AvgIpc) is 2.96. The second-order valence-corrected chi connectivity index (χ2v) is 6.32. The first-order chi connectivity index (χ1) is 11.3. The molecule has 0 radical (unpaired) electrons. The van der Waals surface area contributed by atoms with Gasteiger partial charge in [0.25, 0.3) is 0 Å². The monoisotopic (exact) mass is 343 g/mol. The van der Waals surface area contributed by atoms with E-state index in [2.05, 4.69) is 52.9 Å². The van der Waals surface area contributed by atoms with Gasteiger partial charge in [-0.25, -0.2) is 0 Å². The van der Waals surface area contributed by atoms with Crippen LogP contribution in [0.25, 0.3) is 10.8 Å². The number of nitrogens with zero attached hydrogens (tertiary/aromatic N) is 2. The Labute approximate surface area is 147 Å². The topological polar surface area (TPSA) is 50.1 Å². The minimum Gasteiger partial charge on any atom is -0.411 e. The van der Waals surface area contributed by atoms with Crippen LogP contribution in [0.3, 0.4) is 0 Å². The van der Waals surface area contributed by atoms with Crippen molar-refractivity contribution in [3.63, 3.8) is 0 Å². The molecule has 0 bridgehead atoms. The number of benzene rings is 2. The van der Waals surface area contributed by atoms with Gasteiger partial charge in [0.1, 0.15) is 0 Å². The normalized spacial score (nSPS) is 15.3. The van der Waals surface area contributed by atoms with Crippen LogP contribution in [0.5, 0.6) is 0 Å². The molecular formula is C19H22ClN3O. The molecule has 0 atom stereocenters. The molecule has 1 saturated heterocycles. The predicted octanol–water partition coefficient (Wildman–Crippen LogP) is 3.75. The Morgan fingerprint density at radius 3 is 2.62 bits per heavy atom. The molecule has 5 heteroatoms. The van der Waals surface area contributed by atoms with Crippen molar-refractivity contribution in [2.45, 2.75) is 25.2 Å². The van der Waals surface area contributed by atoms with Crippen molar-refractivity contribution >= 4 is 23.2 Å². The number of nitrogens with one attached hydrogen (secondary N) is 1. The molecule has 0 spiro atoms. The van der Waals surface area contributed by atoms with Gasteiger partial charge in [-0.15, -0.1) is 22.4 Å². The minimum atomic E-state index is 0. The molecule has 1 aromatic heterocycles. The summed E-state index contributed by atoms with van der Waals surface area (Å²) in [6.45, 7) is 2.08. The maximum atomic E-state index is 10.1. The molecule has 1 aliphatic heterocycles. The van der Waals surface area contributed by atoms with Gasteiger partial charge in [-0.1, -0.05) is 42.5 Å². The second-order valence-electron chi connectivity index (χ2n) is 6.32. The fourth-order valence-corrected chi connectivity index (χ4v) is 3.57. The van der Waals surface area contributed by atoms with Crippen LogP contribution in [0.2, 0.25) is 0 Å². The van der Waals surface area contributed by atoms with Crippen LogP contribution in [0.4, 0.5) is 0 Å². The standard InChI is InChI=1S/C19H21N3O.ClH/c23-22-19(18(13-21-22)16-7-9-20-10-8-16)12-14-5-6-15-3-1-2-4-17(15)11-14;/h1-6,11,13,16,20,23H,7-10,12H2;1H. The summed E-state index contributed by atoms with van der Waals surface area (Å²) in [5, 5.41) is 20.1. The number of hydrogen-bond donors (Lipinski definition) is 2. The SMILES string of the molecule is Cl.On1ncc(C2CCNCC2)c1Cc1ccc2ccccc2c1. The Hall–Kier alpha value is -2.04. The lowest BCUT2D eigenvalue weighted by atomic mass is 9.89. The van der Waals surface area contributed by atoms with Gasteiger partial charge < -0.3 is 10.5 Å². The van der Waals surface area contributed by atoms with Gasteiger partial charge >= 0.3 is 0 Å². The van der Waals surface area contributed by atoms with E-state index in [-0.39, 0.29) is 12.4 Å². The summed E-state index contributed by atoms with van der Waals surface area (Å²) in [6.07, 6.45) is 4.76. The molecule has 0 unspecified atom stereocenters. The molecule has 126 valence electrons. The molecule has 0 saturated carbocycles. The second kappa shape index (κ2) is 7.24. The van der Waals surface area contributed by atoms with Crippen molar-refractivity contribution in [2.24, 2.45) is 0 Å². The number of halogens is 1. The fraction of sp³-hybridized carbons (Fsp3) is 0.316. The highest BCUT2D eigenvalue weighted by molar-refractivity contribution is 5.85. The number of rotatable bonds is 3. The zero-order valence-corrected chi connectivity index (χ0v) is 14.3. The summed E-state index contributed by atoms with van der Waals surface area (Å²) in [6, 6.07) is 14.9. The summed E-state index contributed by atoms with van der Waals surface area (Å²) in [5.74, 6) is 0.493. The van der Waals surface area contributed by atoms with Gasteiger partial charge in [0, 0.05) is 12.0 Å². The Kier molecular flexibility index (Phi) is 5.07. The van der Waals surface area contributed by atoms with Crippen molar-refractivity contribution in [1.82, 2.24) is 15.3 Å². The lowest BCUT2D eigenvalue weighted by molar-refractivity contribution is 0.140. The van der Waals surface area contributed by atoms with E-state index >= 15 is 0 Å². The minimum absolute atomic E-state index is 0. The maximum absolute atomic E-state index is 10.1. The Morgan fingerprint density at radius 1 is 1.08 bits per heavy atom. The Morgan fingerprint density at radius 2 is 1.83 bits per heavy atom. The number of hydrogen-bond acceptors (Lipinski definition) is 3. The zero-order valence-electron chi connectivity index (χ0n) is 13.5. The summed E-state index contributed by atoms with van der Waals surface area (Å²) in [4.78, 5) is 1.06. The highest BCUT2D eigenvalue weighted by Gasteiger charge is 2.22. The van der Waals surface area contributed by atoms with Crippen LogP contribution < -0.4 is 5.32 Å². The van der Waals surface area contributed by atoms with Crippen LogP contribution in [-0.2, 0) is 6.42 Å². The molecule has 2 aromatic carbocycles. The third kappa shape index (κ3) is 3.25. The number of aromatic nitrogens is 2. The molecule has 3 aromatic rings. The highest BCUT2D eigenvalue weighted by atomic mass is 35.5. The van der Waals surface area contributed by atoms with Crippen LogP contribution in [0.15, 0.2) is 48.7 Å². The maximum Gasteiger partial charge on any atom is 0.0876 e. The van der Waals surface area contributed by atoms with Crippen molar-refractivity contribution in [3.05, 3.63) is 65.5 Å². The summed E-state index contributed by atoms with van der Waals surface area (Å²) < 4.78 is 0. The first-order valence-corrected chi connectivity index (χ1v) is 8.26. The molecule has 2 heterocycles. The van der Waals surface area contributed by atoms with Crippen molar-refractivity contribution in [1.29, 1.82) is 0 Å². The van der Waals surface area contributed by atoms with E-state index in [9.17, 15) is 5.21 Å². The van der Waals surface area contributed by atoms with Crippen LogP contribution in [0, 0.1) is 0 Å². The summed E-state index contributed by atoms with van der Waals surface area (Å²) >= 11 is 0. The third-order valence-corrected chi connectivity index (χ3v) is 4.85. The average molecular weight is 344 g/mol. The first kappa shape index (κ1) is 16.8. The van der Waals surface area contributed by atoms with E-state index in [0.29, 0.717) is 12.3 Å². The fourth-order valence-electron chi connectivity index (χ4n) is 3.57. The van der Waals surface area contributed by atoms with Crippen molar-refractivity contribution < 1.29 is 5.21 Å². The molecule has 2 N–H and O–H groups in total. The first-order valence-electron chi connectivity index (χ1n) is 8.26. The number of piperidine rings is 1. The van der Waals surface area contributed by atoms with Gasteiger partial charge in [-0.05, 0) is 48.2 Å². The van der Waals surface area contributed by atoms with E-state index in [1.54, 1.807) is 0 Å². The van der Waals surface area contributed by atoms with Gasteiger partial charge in [0.05, 0.1) is 11.9 Å². The summed E-state index contributed by atoms with van der Waals surface area (Å²) in [7, 11) is 0. The highest BCUT2D eigenvalue weighted by Crippen LogP contribution is 2.29. The van der Waals surface area contributed by atoms with Crippen molar-refractivity contribution in [3.8, 4) is 0 Å². The van der Waals surface area contributed by atoms with Crippen molar-refractivity contribution in [2.75, 3.05) is 13.1 Å². The van der Waals surface area contributed by atoms with Crippen LogP contribution >= 0.6 is 12.4 Å². The molecule has 4 nitrogen and oxygen atoms in total. The third-order valence-electron chi connectivity index (χ3n) is 4.85. The van der Waals surface area contributed by atoms with Gasteiger partial charge in [-0.3, -0.25) is 0 Å². The zero-order chi connectivity index (χ0) is 15.6. The van der Waals surface area contributed by atoms with E-state index in [1.807, 2.05) is 6.20 Å². The largest absolute Gasteiger partial charge is 0.411 e. The van der Waals surface area contributed by atoms with Gasteiger partial charge in [0.2, 0.25) is 0 Å². The molecule has 0 amide bonds. The molecule has 0 aliphatic carbocycles. The lowest BCUT2D eigenvalue weighted by Crippen LogP contribution is -2.27. The smallest absolute Gasteiger partial charge is 0.0876 e. The molecule has 24 heavy (non-hydrogen) atoms. The van der Waals surface area contributed by atoms with Gasteiger partial charge in [-0.2, -0.15) is 0 Å². The number of fused-ring (bicyclic) bond motifs is 1. The predicted molar refractivity (Wildman–Crippen MR) is 98.3 cm³/mol. The summed E-state index contributed by atoms with van der Waals surface area (Å²) in [5.41, 5.74) is 3.32. The molecule has 1 aliphatic rings. The Bertz CT molecular complexity index is 824. The van der Waals surface area contributed by atoms with E-state index in [1.165, 1.54) is 21.9 Å². The van der Waals surface area contributed by atoms with Crippen LogP contribution in [0.1, 0.15) is 35.6 Å². The van der Waals surface area contributed by atoms with E-state index in [0.717, 1.165) is 36.5 Å². The Balaban J connectivity index is 0.00000169.